The minimum atomic E-state index is -0.300. The summed E-state index contributed by atoms with van der Waals surface area (Å²) in [7, 11) is 0. The lowest BCUT2D eigenvalue weighted by Gasteiger charge is -2.11. The zero-order chi connectivity index (χ0) is 17.7. The average Bonchev–Trinajstić information content (AvgIpc) is 2.63. The van der Waals surface area contributed by atoms with Crippen LogP contribution >= 0.6 is 0 Å². The molecule has 0 aliphatic rings. The number of rotatable bonds is 10. The molecular formula is C21H24O4. The fourth-order valence-electron chi connectivity index (χ4n) is 2.18. The van der Waals surface area contributed by atoms with Gasteiger partial charge >= 0.3 is 5.97 Å². The number of carbonyl (C=O) groups is 1. The number of ether oxygens (including phenoxy) is 3. The predicted octanol–water partition coefficient (Wildman–Crippen LogP) is 3.91. The van der Waals surface area contributed by atoms with Crippen molar-refractivity contribution < 1.29 is 19.0 Å². The second-order valence-electron chi connectivity index (χ2n) is 5.62. The van der Waals surface area contributed by atoms with E-state index in [9.17, 15) is 4.79 Å². The van der Waals surface area contributed by atoms with Gasteiger partial charge in [-0.2, -0.15) is 0 Å². The van der Waals surface area contributed by atoms with Crippen LogP contribution in [0, 0.1) is 0 Å². The molecule has 0 fully saturated rings. The molecule has 0 unspecified atom stereocenters. The Hall–Kier alpha value is -2.43. The summed E-state index contributed by atoms with van der Waals surface area (Å²) >= 11 is 0. The van der Waals surface area contributed by atoms with Crippen LogP contribution in [0.3, 0.4) is 0 Å². The first kappa shape index (κ1) is 18.9. The van der Waals surface area contributed by atoms with Crippen molar-refractivity contribution in [3.8, 4) is 0 Å². The normalized spacial score (nSPS) is 10.3. The molecular weight excluding hydrogens is 316 g/mol. The van der Waals surface area contributed by atoms with Crippen LogP contribution in [-0.4, -0.2) is 25.8 Å². The van der Waals surface area contributed by atoms with Gasteiger partial charge < -0.3 is 14.2 Å². The highest BCUT2D eigenvalue weighted by atomic mass is 16.5. The number of hydrogen-bond donors (Lipinski definition) is 0. The van der Waals surface area contributed by atoms with Crippen LogP contribution in [-0.2, 0) is 32.2 Å². The maximum atomic E-state index is 10.9. The van der Waals surface area contributed by atoms with Crippen LogP contribution < -0.4 is 0 Å². The highest BCUT2D eigenvalue weighted by Gasteiger charge is 2.02. The summed E-state index contributed by atoms with van der Waals surface area (Å²) in [6, 6.07) is 20.0. The summed E-state index contributed by atoms with van der Waals surface area (Å²) in [6.07, 6.45) is 1.84. The molecule has 0 saturated heterocycles. The largest absolute Gasteiger partial charge is 0.462 e. The molecule has 2 aromatic carbocycles. The molecule has 4 nitrogen and oxygen atoms in total. The minimum Gasteiger partial charge on any atom is -0.462 e. The molecule has 0 amide bonds. The number of esters is 1. The maximum Gasteiger partial charge on any atom is 0.302 e. The van der Waals surface area contributed by atoms with E-state index < -0.39 is 0 Å². The van der Waals surface area contributed by atoms with E-state index in [4.69, 9.17) is 14.2 Å². The molecule has 0 aromatic heterocycles. The van der Waals surface area contributed by atoms with E-state index in [2.05, 4.69) is 0 Å². The van der Waals surface area contributed by atoms with Gasteiger partial charge in [0.2, 0.25) is 0 Å². The van der Waals surface area contributed by atoms with Gasteiger partial charge in [0.25, 0.3) is 0 Å². The molecule has 2 rings (SSSR count). The predicted molar refractivity (Wildman–Crippen MR) is 96.9 cm³/mol. The summed E-state index contributed by atoms with van der Waals surface area (Å²) in [6.45, 7) is 3.56. The molecule has 0 heterocycles. The van der Waals surface area contributed by atoms with Gasteiger partial charge in [-0.3, -0.25) is 4.79 Å². The third kappa shape index (κ3) is 8.29. The fraction of sp³-hybridized carbons (Fsp3) is 0.286. The van der Waals surface area contributed by atoms with Crippen LogP contribution in [0.2, 0.25) is 0 Å². The van der Waals surface area contributed by atoms with Gasteiger partial charge in [0.05, 0.1) is 26.4 Å². The first-order chi connectivity index (χ1) is 12.2. The minimum absolute atomic E-state index is 0.230. The lowest BCUT2D eigenvalue weighted by atomic mass is 10.2. The Morgan fingerprint density at radius 1 is 0.840 bits per heavy atom. The quantitative estimate of drug-likeness (QED) is 0.486. The summed E-state index contributed by atoms with van der Waals surface area (Å²) in [4.78, 5) is 10.9. The molecule has 0 bridgehead atoms. The van der Waals surface area contributed by atoms with Crippen molar-refractivity contribution in [1.82, 2.24) is 0 Å². The van der Waals surface area contributed by atoms with E-state index in [1.54, 1.807) is 0 Å². The van der Waals surface area contributed by atoms with Gasteiger partial charge in [-0.1, -0.05) is 60.7 Å². The average molecular weight is 340 g/mol. The van der Waals surface area contributed by atoms with Crippen molar-refractivity contribution in [1.29, 1.82) is 0 Å². The van der Waals surface area contributed by atoms with Gasteiger partial charge in [0.1, 0.15) is 6.61 Å². The topological polar surface area (TPSA) is 44.8 Å². The second kappa shape index (κ2) is 11.2. The van der Waals surface area contributed by atoms with Crippen molar-refractivity contribution in [2.75, 3.05) is 19.8 Å². The van der Waals surface area contributed by atoms with Crippen molar-refractivity contribution in [2.45, 2.75) is 20.1 Å². The summed E-state index contributed by atoms with van der Waals surface area (Å²) < 4.78 is 16.5. The summed E-state index contributed by atoms with van der Waals surface area (Å²) in [5.41, 5.74) is 3.19. The third-order valence-electron chi connectivity index (χ3n) is 3.46. The molecule has 2 aromatic rings. The fourth-order valence-corrected chi connectivity index (χ4v) is 2.18. The van der Waals surface area contributed by atoms with Gasteiger partial charge in [0, 0.05) is 6.92 Å². The molecule has 132 valence electrons. The zero-order valence-electron chi connectivity index (χ0n) is 14.5. The van der Waals surface area contributed by atoms with E-state index in [-0.39, 0.29) is 12.6 Å². The Morgan fingerprint density at radius 3 is 1.76 bits per heavy atom. The van der Waals surface area contributed by atoms with Crippen molar-refractivity contribution in [2.24, 2.45) is 0 Å². The van der Waals surface area contributed by atoms with E-state index >= 15 is 0 Å². The number of hydrogen-bond acceptors (Lipinski definition) is 4. The van der Waals surface area contributed by atoms with Gasteiger partial charge in [0.15, 0.2) is 0 Å². The first-order valence-corrected chi connectivity index (χ1v) is 8.28. The zero-order valence-corrected chi connectivity index (χ0v) is 14.5. The Labute approximate surface area is 149 Å². The molecule has 0 atom stereocenters. The summed E-state index contributed by atoms with van der Waals surface area (Å²) in [5.74, 6) is -0.300. The van der Waals surface area contributed by atoms with Crippen LogP contribution in [0.5, 0.6) is 0 Å². The highest BCUT2D eigenvalue weighted by molar-refractivity contribution is 5.66. The first-order valence-electron chi connectivity index (χ1n) is 8.28. The lowest BCUT2D eigenvalue weighted by Crippen LogP contribution is -2.08. The molecule has 0 N–H and O–H groups in total. The highest BCUT2D eigenvalue weighted by Crippen LogP contribution is 2.06. The van der Waals surface area contributed by atoms with Gasteiger partial charge in [-0.05, 0) is 22.8 Å². The number of carbonyl (C=O) groups excluding carboxylic acids is 1. The monoisotopic (exact) mass is 340 g/mol. The smallest absolute Gasteiger partial charge is 0.302 e. The second-order valence-corrected chi connectivity index (χ2v) is 5.62. The molecule has 0 spiro atoms. The van der Waals surface area contributed by atoms with Crippen LogP contribution in [0.25, 0.3) is 0 Å². The van der Waals surface area contributed by atoms with Crippen molar-refractivity contribution >= 4 is 5.97 Å². The Kier molecular flexibility index (Phi) is 8.45. The summed E-state index contributed by atoms with van der Waals surface area (Å²) in [5, 5.41) is 0. The maximum absolute atomic E-state index is 10.9. The molecule has 4 heteroatoms. The lowest BCUT2D eigenvalue weighted by molar-refractivity contribution is -0.139. The molecule has 25 heavy (non-hydrogen) atoms. The molecule has 0 aliphatic carbocycles. The molecule has 0 radical (unpaired) electrons. The van der Waals surface area contributed by atoms with Crippen LogP contribution in [0.4, 0.5) is 0 Å². The van der Waals surface area contributed by atoms with Gasteiger partial charge in [-0.15, -0.1) is 0 Å². The van der Waals surface area contributed by atoms with Crippen LogP contribution in [0.15, 0.2) is 72.3 Å². The van der Waals surface area contributed by atoms with Gasteiger partial charge in [-0.25, -0.2) is 0 Å². The van der Waals surface area contributed by atoms with Crippen molar-refractivity contribution in [3.63, 3.8) is 0 Å². The molecule has 0 saturated carbocycles. The standard InChI is InChI=1S/C21H24O4/c1-18(22)25-13-12-21(16-23-14-19-8-4-2-5-9-19)17-24-15-20-10-6-3-7-11-20/h2-12H,13-17H2,1H3. The van der Waals surface area contributed by atoms with E-state index in [0.717, 1.165) is 16.7 Å². The third-order valence-corrected chi connectivity index (χ3v) is 3.46. The van der Waals surface area contributed by atoms with E-state index in [1.807, 2.05) is 66.7 Å². The van der Waals surface area contributed by atoms with E-state index in [1.165, 1.54) is 6.92 Å². The Balaban J connectivity index is 1.80. The van der Waals surface area contributed by atoms with Crippen LogP contribution in [0.1, 0.15) is 18.1 Å². The Bertz CT molecular complexity index is 603. The Morgan fingerprint density at radius 2 is 1.32 bits per heavy atom. The number of benzene rings is 2. The SMILES string of the molecule is CC(=O)OCC=C(COCc1ccccc1)COCc1ccccc1. The van der Waals surface area contributed by atoms with E-state index in [0.29, 0.717) is 26.4 Å². The van der Waals surface area contributed by atoms with Crippen molar-refractivity contribution in [3.05, 3.63) is 83.4 Å². The molecule has 0 aliphatic heterocycles.